The summed E-state index contributed by atoms with van der Waals surface area (Å²) in [4.78, 5) is 17.7. The van der Waals surface area contributed by atoms with Gasteiger partial charge in [-0.05, 0) is 23.2 Å². The molecular weight excluding hydrogens is 330 g/mol. The number of azide groups is 2. The van der Waals surface area contributed by atoms with Gasteiger partial charge < -0.3 is 19.9 Å². The van der Waals surface area contributed by atoms with Crippen molar-refractivity contribution in [2.45, 2.75) is 30.6 Å². The van der Waals surface area contributed by atoms with Gasteiger partial charge >= 0.3 is 0 Å². The van der Waals surface area contributed by atoms with Crippen LogP contribution in [0.4, 0.5) is 0 Å². The molecule has 1 amide bonds. The lowest BCUT2D eigenvalue weighted by atomic mass is 9.94. The van der Waals surface area contributed by atoms with Gasteiger partial charge in [0, 0.05) is 22.5 Å². The van der Waals surface area contributed by atoms with E-state index in [0.29, 0.717) is 5.56 Å². The number of ether oxygens (including phenoxy) is 2. The molecule has 0 spiro atoms. The molecule has 1 saturated heterocycles. The van der Waals surface area contributed by atoms with E-state index >= 15 is 0 Å². The van der Waals surface area contributed by atoms with Crippen molar-refractivity contribution < 1.29 is 19.4 Å². The van der Waals surface area contributed by atoms with Crippen molar-refractivity contribution in [2.24, 2.45) is 10.2 Å². The number of methoxy groups -OCH3 is 1. The topological polar surface area (TPSA) is 165 Å². The maximum absolute atomic E-state index is 12.4. The quantitative estimate of drug-likeness (QED) is 0.452. The van der Waals surface area contributed by atoms with E-state index in [1.165, 1.54) is 7.11 Å². The maximum atomic E-state index is 12.4. The van der Waals surface area contributed by atoms with Crippen LogP contribution in [0.25, 0.3) is 20.9 Å². The molecule has 132 valence electrons. The maximum Gasteiger partial charge on any atom is 0.251 e. The van der Waals surface area contributed by atoms with Gasteiger partial charge in [-0.3, -0.25) is 4.79 Å². The van der Waals surface area contributed by atoms with E-state index in [1.807, 2.05) is 0 Å². The highest BCUT2D eigenvalue weighted by Crippen LogP contribution is 2.25. The average Bonchev–Trinajstić information content (AvgIpc) is 2.64. The highest BCUT2D eigenvalue weighted by atomic mass is 16.7. The second-order valence-corrected chi connectivity index (χ2v) is 5.24. The summed E-state index contributed by atoms with van der Waals surface area (Å²) in [5.41, 5.74) is 17.6. The molecule has 2 rings (SSSR count). The van der Waals surface area contributed by atoms with Crippen molar-refractivity contribution in [2.75, 3.05) is 13.7 Å². The molecule has 0 radical (unpaired) electrons. The number of benzene rings is 1. The molecule has 0 saturated carbocycles. The lowest BCUT2D eigenvalue weighted by Gasteiger charge is -2.42. The minimum Gasteiger partial charge on any atom is -0.390 e. The summed E-state index contributed by atoms with van der Waals surface area (Å²) < 4.78 is 10.8. The minimum atomic E-state index is -1.28. The first kappa shape index (κ1) is 18.5. The van der Waals surface area contributed by atoms with Crippen LogP contribution >= 0.6 is 0 Å². The molecule has 11 nitrogen and oxygen atoms in total. The summed E-state index contributed by atoms with van der Waals surface area (Å²) in [6.07, 6.45) is -3.21. The van der Waals surface area contributed by atoms with Gasteiger partial charge in [-0.15, -0.1) is 0 Å². The van der Waals surface area contributed by atoms with Crippen LogP contribution in [-0.2, 0) is 9.47 Å². The molecule has 1 aliphatic rings. The third-order valence-corrected chi connectivity index (χ3v) is 3.78. The van der Waals surface area contributed by atoms with Crippen molar-refractivity contribution in [3.63, 3.8) is 0 Å². The highest BCUT2D eigenvalue weighted by Gasteiger charge is 2.45. The molecule has 1 aromatic rings. The molecule has 1 aromatic carbocycles. The highest BCUT2D eigenvalue weighted by molar-refractivity contribution is 5.94. The molecule has 11 heteroatoms. The summed E-state index contributed by atoms with van der Waals surface area (Å²) in [5.74, 6) is -0.435. The molecular formula is C14H17N7O4. The number of carbonyl (C=O) groups excluding carboxylic acids is 1. The average molecular weight is 347 g/mol. The molecule has 2 N–H and O–H groups in total. The van der Waals surface area contributed by atoms with Gasteiger partial charge in [-0.2, -0.15) is 0 Å². The first-order valence-electron chi connectivity index (χ1n) is 7.39. The third-order valence-electron chi connectivity index (χ3n) is 3.78. The number of amides is 1. The number of rotatable bonds is 6. The lowest BCUT2D eigenvalue weighted by molar-refractivity contribution is -0.226. The van der Waals surface area contributed by atoms with Crippen molar-refractivity contribution in [1.82, 2.24) is 5.32 Å². The van der Waals surface area contributed by atoms with E-state index in [4.69, 9.17) is 20.5 Å². The molecule has 1 fully saturated rings. The van der Waals surface area contributed by atoms with Crippen LogP contribution in [0.3, 0.4) is 0 Å². The number of aliphatic hydroxyl groups is 1. The van der Waals surface area contributed by atoms with Crippen LogP contribution in [0.5, 0.6) is 0 Å². The smallest absolute Gasteiger partial charge is 0.251 e. The Morgan fingerprint density at radius 1 is 1.36 bits per heavy atom. The zero-order valence-corrected chi connectivity index (χ0v) is 13.3. The summed E-state index contributed by atoms with van der Waals surface area (Å²) in [5, 5.41) is 20.0. The molecule has 5 atom stereocenters. The summed E-state index contributed by atoms with van der Waals surface area (Å²) in [6.45, 7) is -0.172. The number of hydrogen-bond donors (Lipinski definition) is 2. The van der Waals surface area contributed by atoms with Gasteiger partial charge in [-0.1, -0.05) is 28.4 Å². The summed E-state index contributed by atoms with van der Waals surface area (Å²) in [6, 6.07) is 6.42. The van der Waals surface area contributed by atoms with Crippen molar-refractivity contribution in [3.8, 4) is 0 Å². The second kappa shape index (κ2) is 8.88. The molecule has 0 aliphatic carbocycles. The van der Waals surface area contributed by atoms with E-state index in [1.54, 1.807) is 30.3 Å². The molecule has 0 aromatic heterocycles. The van der Waals surface area contributed by atoms with Gasteiger partial charge in [0.15, 0.2) is 6.29 Å². The zero-order chi connectivity index (χ0) is 18.2. The van der Waals surface area contributed by atoms with Gasteiger partial charge in [0.05, 0.1) is 30.8 Å². The normalized spacial score (nSPS) is 28.3. The van der Waals surface area contributed by atoms with Gasteiger partial charge in [0.2, 0.25) is 0 Å². The number of nitrogens with one attached hydrogen (secondary N) is 1. The monoisotopic (exact) mass is 347 g/mol. The largest absolute Gasteiger partial charge is 0.390 e. The minimum absolute atomic E-state index is 0.172. The zero-order valence-electron chi connectivity index (χ0n) is 13.3. The molecule has 0 unspecified atom stereocenters. The Morgan fingerprint density at radius 3 is 2.68 bits per heavy atom. The van der Waals surface area contributed by atoms with Crippen LogP contribution in [-0.4, -0.2) is 55.2 Å². The van der Waals surface area contributed by atoms with Crippen molar-refractivity contribution in [1.29, 1.82) is 0 Å². The summed E-state index contributed by atoms with van der Waals surface area (Å²) in [7, 11) is 1.35. The van der Waals surface area contributed by atoms with E-state index in [-0.39, 0.29) is 6.54 Å². The first-order valence-corrected chi connectivity index (χ1v) is 7.39. The number of hydrogen-bond acceptors (Lipinski definition) is 6. The SMILES string of the molecule is CO[C@@H]1O[C@H](CN=[N+]=[N-])[C@@H](O)[C@H](N=[N+]=[N-])[C@H]1NC(=O)c1ccccc1. The Morgan fingerprint density at radius 2 is 2.08 bits per heavy atom. The number of aliphatic hydroxyl groups excluding tert-OH is 1. The summed E-state index contributed by atoms with van der Waals surface area (Å²) >= 11 is 0. The molecule has 1 heterocycles. The van der Waals surface area contributed by atoms with Gasteiger partial charge in [-0.25, -0.2) is 0 Å². The van der Waals surface area contributed by atoms with Crippen LogP contribution < -0.4 is 5.32 Å². The Bertz CT molecular complexity index is 688. The van der Waals surface area contributed by atoms with Crippen LogP contribution in [0.15, 0.2) is 40.6 Å². The second-order valence-electron chi connectivity index (χ2n) is 5.24. The van der Waals surface area contributed by atoms with E-state index < -0.39 is 36.5 Å². The standard InChI is InChI=1S/C14H17N7O4/c1-24-14-11(18-13(23)8-5-3-2-4-6-8)10(19-21-16)12(22)9(25-14)7-17-20-15/h2-6,9-12,14,22H,7H2,1H3,(H,18,23)/t9-,10-,11-,12-,14-/m1/s1. The van der Waals surface area contributed by atoms with Crippen molar-refractivity contribution >= 4 is 5.91 Å². The third kappa shape index (κ3) is 4.38. The molecule has 0 bridgehead atoms. The van der Waals surface area contributed by atoms with Gasteiger partial charge in [0.25, 0.3) is 5.91 Å². The van der Waals surface area contributed by atoms with Crippen LogP contribution in [0, 0.1) is 0 Å². The Labute approximate surface area is 142 Å². The number of carbonyl (C=O) groups is 1. The Hall–Kier alpha value is -2.81. The van der Waals surface area contributed by atoms with E-state index in [9.17, 15) is 9.90 Å². The fraction of sp³-hybridized carbons (Fsp3) is 0.500. The number of nitrogens with zero attached hydrogens (tertiary/aromatic N) is 6. The molecule has 1 aliphatic heterocycles. The van der Waals surface area contributed by atoms with Gasteiger partial charge in [0.1, 0.15) is 0 Å². The Kier molecular flexibility index (Phi) is 6.58. The lowest BCUT2D eigenvalue weighted by Crippen LogP contribution is -2.63. The predicted molar refractivity (Wildman–Crippen MR) is 86.3 cm³/mol. The van der Waals surface area contributed by atoms with Crippen molar-refractivity contribution in [3.05, 3.63) is 56.8 Å². The van der Waals surface area contributed by atoms with Crippen LogP contribution in [0.2, 0.25) is 0 Å². The first-order chi connectivity index (χ1) is 12.1. The fourth-order valence-electron chi connectivity index (χ4n) is 2.58. The fourth-order valence-corrected chi connectivity index (χ4v) is 2.58. The predicted octanol–water partition coefficient (Wildman–Crippen LogP) is 1.51. The molecule has 25 heavy (non-hydrogen) atoms. The van der Waals surface area contributed by atoms with Crippen LogP contribution in [0.1, 0.15) is 10.4 Å². The Balaban J connectivity index is 2.25. The van der Waals surface area contributed by atoms with E-state index in [0.717, 1.165) is 0 Å². The van der Waals surface area contributed by atoms with E-state index in [2.05, 4.69) is 25.4 Å².